The minimum absolute atomic E-state index is 0.396. The lowest BCUT2D eigenvalue weighted by Crippen LogP contribution is -2.27. The fourth-order valence-electron chi connectivity index (χ4n) is 3.80. The van der Waals surface area contributed by atoms with Crippen molar-refractivity contribution in [3.63, 3.8) is 0 Å². The Morgan fingerprint density at radius 2 is 1.37 bits per heavy atom. The van der Waals surface area contributed by atoms with Gasteiger partial charge in [-0.1, -0.05) is 19.8 Å². The molecular formula is C15H28O3S. The van der Waals surface area contributed by atoms with Gasteiger partial charge in [-0.2, -0.15) is 8.42 Å². The average Bonchev–Trinajstić information content (AvgIpc) is 2.37. The van der Waals surface area contributed by atoms with Crippen molar-refractivity contribution in [3.8, 4) is 0 Å². The second-order valence-electron chi connectivity index (χ2n) is 6.79. The molecule has 19 heavy (non-hydrogen) atoms. The zero-order valence-electron chi connectivity index (χ0n) is 12.3. The second kappa shape index (κ2) is 6.57. The SMILES string of the molecule is CC1CCC(C2CCC(COS(C)(=O)=O)CC2)CC1. The molecule has 4 heteroatoms. The van der Waals surface area contributed by atoms with Crippen molar-refractivity contribution in [2.75, 3.05) is 12.9 Å². The summed E-state index contributed by atoms with van der Waals surface area (Å²) < 4.78 is 26.9. The fraction of sp³-hybridized carbons (Fsp3) is 1.00. The minimum atomic E-state index is -3.26. The summed E-state index contributed by atoms with van der Waals surface area (Å²) in [6.45, 7) is 2.77. The highest BCUT2D eigenvalue weighted by Gasteiger charge is 2.30. The molecular weight excluding hydrogens is 260 g/mol. The molecule has 0 aliphatic heterocycles. The van der Waals surface area contributed by atoms with Crippen LogP contribution in [0.25, 0.3) is 0 Å². The Morgan fingerprint density at radius 3 is 1.84 bits per heavy atom. The number of hydrogen-bond donors (Lipinski definition) is 0. The highest BCUT2D eigenvalue weighted by Crippen LogP contribution is 2.41. The summed E-state index contributed by atoms with van der Waals surface area (Å²) in [7, 11) is -3.26. The van der Waals surface area contributed by atoms with E-state index in [1.54, 1.807) is 0 Å². The van der Waals surface area contributed by atoms with Crippen molar-refractivity contribution >= 4 is 10.1 Å². The van der Waals surface area contributed by atoms with E-state index in [1.807, 2.05) is 0 Å². The summed E-state index contributed by atoms with van der Waals surface area (Å²) in [5, 5.41) is 0. The Morgan fingerprint density at radius 1 is 0.895 bits per heavy atom. The van der Waals surface area contributed by atoms with Crippen LogP contribution in [0, 0.1) is 23.7 Å². The first-order chi connectivity index (χ1) is 8.94. The van der Waals surface area contributed by atoms with Gasteiger partial charge in [-0.05, 0) is 62.2 Å². The van der Waals surface area contributed by atoms with E-state index in [0.717, 1.165) is 36.9 Å². The van der Waals surface area contributed by atoms with Gasteiger partial charge in [-0.3, -0.25) is 4.18 Å². The summed E-state index contributed by atoms with van der Waals surface area (Å²) in [4.78, 5) is 0. The molecule has 0 spiro atoms. The van der Waals surface area contributed by atoms with Gasteiger partial charge in [0.25, 0.3) is 10.1 Å². The van der Waals surface area contributed by atoms with Gasteiger partial charge in [0.15, 0.2) is 0 Å². The van der Waals surface area contributed by atoms with Gasteiger partial charge in [-0.25, -0.2) is 0 Å². The van der Waals surface area contributed by atoms with Crippen LogP contribution in [-0.4, -0.2) is 21.3 Å². The predicted octanol–water partition coefficient (Wildman–Crippen LogP) is 3.60. The van der Waals surface area contributed by atoms with Crippen molar-refractivity contribution in [3.05, 3.63) is 0 Å². The lowest BCUT2D eigenvalue weighted by atomic mass is 9.69. The van der Waals surface area contributed by atoms with Gasteiger partial charge in [0, 0.05) is 0 Å². The summed E-state index contributed by atoms with van der Waals surface area (Å²) >= 11 is 0. The Hall–Kier alpha value is -0.0900. The predicted molar refractivity (Wildman–Crippen MR) is 77.4 cm³/mol. The Bertz CT molecular complexity index is 361. The molecule has 0 heterocycles. The fourth-order valence-corrected chi connectivity index (χ4v) is 4.24. The molecule has 0 aromatic heterocycles. The lowest BCUT2D eigenvalue weighted by Gasteiger charge is -2.37. The van der Waals surface area contributed by atoms with Crippen LogP contribution in [0.5, 0.6) is 0 Å². The minimum Gasteiger partial charge on any atom is -0.270 e. The molecule has 2 fully saturated rings. The first-order valence-corrected chi connectivity index (χ1v) is 9.60. The Labute approximate surface area is 118 Å². The van der Waals surface area contributed by atoms with Gasteiger partial charge >= 0.3 is 0 Å². The van der Waals surface area contributed by atoms with Crippen molar-refractivity contribution < 1.29 is 12.6 Å². The van der Waals surface area contributed by atoms with Gasteiger partial charge < -0.3 is 0 Å². The molecule has 0 radical (unpaired) electrons. The van der Waals surface area contributed by atoms with Crippen LogP contribution in [0.15, 0.2) is 0 Å². The molecule has 0 aromatic rings. The molecule has 2 aliphatic rings. The molecule has 2 aliphatic carbocycles. The maximum Gasteiger partial charge on any atom is 0.264 e. The van der Waals surface area contributed by atoms with E-state index in [9.17, 15) is 8.42 Å². The van der Waals surface area contributed by atoms with Gasteiger partial charge in [0.05, 0.1) is 12.9 Å². The molecule has 0 amide bonds. The third-order valence-corrected chi connectivity index (χ3v) is 5.70. The highest BCUT2D eigenvalue weighted by atomic mass is 32.2. The van der Waals surface area contributed by atoms with E-state index < -0.39 is 10.1 Å². The molecule has 0 saturated heterocycles. The van der Waals surface area contributed by atoms with Crippen molar-refractivity contribution in [1.29, 1.82) is 0 Å². The third-order valence-electron chi connectivity index (χ3n) is 5.14. The standard InChI is InChI=1S/C15H28O3S/c1-12-3-7-14(8-4-12)15-9-5-13(6-10-15)11-18-19(2,16)17/h12-15H,3-11H2,1-2H3. The summed E-state index contributed by atoms with van der Waals surface area (Å²) in [5.74, 6) is 3.21. The zero-order valence-corrected chi connectivity index (χ0v) is 13.1. The van der Waals surface area contributed by atoms with Gasteiger partial charge in [0.1, 0.15) is 0 Å². The second-order valence-corrected chi connectivity index (χ2v) is 8.43. The van der Waals surface area contributed by atoms with Gasteiger partial charge in [-0.15, -0.1) is 0 Å². The molecule has 0 atom stereocenters. The molecule has 3 nitrogen and oxygen atoms in total. The van der Waals surface area contributed by atoms with Crippen LogP contribution in [0.1, 0.15) is 58.3 Å². The van der Waals surface area contributed by atoms with E-state index >= 15 is 0 Å². The normalized spacial score (nSPS) is 37.2. The van der Waals surface area contributed by atoms with E-state index in [4.69, 9.17) is 4.18 Å². The van der Waals surface area contributed by atoms with Crippen LogP contribution in [0.3, 0.4) is 0 Å². The maximum absolute atomic E-state index is 11.0. The smallest absolute Gasteiger partial charge is 0.264 e. The molecule has 112 valence electrons. The number of hydrogen-bond acceptors (Lipinski definition) is 3. The van der Waals surface area contributed by atoms with E-state index in [2.05, 4.69) is 6.92 Å². The van der Waals surface area contributed by atoms with Crippen LogP contribution < -0.4 is 0 Å². The Kier molecular flexibility index (Phi) is 5.29. The van der Waals surface area contributed by atoms with E-state index in [1.165, 1.54) is 38.5 Å². The van der Waals surface area contributed by atoms with Crippen molar-refractivity contribution in [2.24, 2.45) is 23.7 Å². The summed E-state index contributed by atoms with van der Waals surface area (Å²) in [5.41, 5.74) is 0. The monoisotopic (exact) mass is 288 g/mol. The highest BCUT2D eigenvalue weighted by molar-refractivity contribution is 7.85. The first kappa shape index (κ1) is 15.3. The van der Waals surface area contributed by atoms with Crippen molar-refractivity contribution in [2.45, 2.75) is 58.3 Å². The molecule has 0 N–H and O–H groups in total. The molecule has 0 unspecified atom stereocenters. The van der Waals surface area contributed by atoms with Crippen LogP contribution in [0.4, 0.5) is 0 Å². The molecule has 0 bridgehead atoms. The lowest BCUT2D eigenvalue weighted by molar-refractivity contribution is 0.128. The quantitative estimate of drug-likeness (QED) is 0.742. The molecule has 2 saturated carbocycles. The largest absolute Gasteiger partial charge is 0.270 e. The molecule has 0 aromatic carbocycles. The molecule has 2 rings (SSSR count). The maximum atomic E-state index is 11.0. The topological polar surface area (TPSA) is 43.4 Å². The average molecular weight is 288 g/mol. The first-order valence-electron chi connectivity index (χ1n) is 7.78. The van der Waals surface area contributed by atoms with E-state index in [-0.39, 0.29) is 0 Å². The Balaban J connectivity index is 1.70. The van der Waals surface area contributed by atoms with Crippen molar-refractivity contribution in [1.82, 2.24) is 0 Å². The van der Waals surface area contributed by atoms with Crippen LogP contribution in [-0.2, 0) is 14.3 Å². The third kappa shape index (κ3) is 5.07. The zero-order chi connectivity index (χ0) is 13.9. The summed E-state index contributed by atoms with van der Waals surface area (Å²) in [6, 6.07) is 0. The number of rotatable bonds is 4. The summed E-state index contributed by atoms with van der Waals surface area (Å²) in [6.07, 6.45) is 11.6. The van der Waals surface area contributed by atoms with Crippen LogP contribution >= 0.6 is 0 Å². The van der Waals surface area contributed by atoms with Gasteiger partial charge in [0.2, 0.25) is 0 Å². The van der Waals surface area contributed by atoms with E-state index in [0.29, 0.717) is 12.5 Å². The van der Waals surface area contributed by atoms with Crippen LogP contribution in [0.2, 0.25) is 0 Å².